The Balaban J connectivity index is 2.30. The normalized spacial score (nSPS) is 13.0. The van der Waals surface area contributed by atoms with Crippen molar-refractivity contribution >= 4 is 20.0 Å². The number of phenolic OH excluding ortho intramolecular Hbond substituents is 1. The molecule has 0 radical (unpaired) electrons. The van der Waals surface area contributed by atoms with Gasteiger partial charge in [0.1, 0.15) is 11.5 Å². The van der Waals surface area contributed by atoms with E-state index in [1.807, 2.05) is 0 Å². The highest BCUT2D eigenvalue weighted by atomic mass is 31.2. The van der Waals surface area contributed by atoms with Crippen LogP contribution in [0.3, 0.4) is 0 Å². The summed E-state index contributed by atoms with van der Waals surface area (Å²) in [5.41, 5.74) is 1.04. The Hall–Kier alpha value is -2.78. The van der Waals surface area contributed by atoms with Crippen molar-refractivity contribution in [3.05, 3.63) is 52.8 Å². The van der Waals surface area contributed by atoms with Crippen molar-refractivity contribution < 1.29 is 39.0 Å². The van der Waals surface area contributed by atoms with Gasteiger partial charge < -0.3 is 25.1 Å². The first-order valence-electron chi connectivity index (χ1n) is 7.98. The van der Waals surface area contributed by atoms with Gasteiger partial charge in [-0.1, -0.05) is 12.1 Å². The van der Waals surface area contributed by atoms with Crippen LogP contribution in [0.15, 0.2) is 35.5 Å². The van der Waals surface area contributed by atoms with Crippen LogP contribution in [0.25, 0.3) is 0 Å². The Morgan fingerprint density at radius 1 is 1.29 bits per heavy atom. The lowest BCUT2D eigenvalue weighted by Gasteiger charge is -2.12. The molecule has 0 saturated heterocycles. The maximum Gasteiger partial charge on any atom is 0.469 e. The minimum absolute atomic E-state index is 0.0330. The van der Waals surface area contributed by atoms with Crippen LogP contribution in [-0.4, -0.2) is 48.3 Å². The zero-order valence-corrected chi connectivity index (χ0v) is 15.7. The minimum atomic E-state index is -4.75. The number of rotatable bonds is 8. The second-order valence-electron chi connectivity index (χ2n) is 5.90. The maximum absolute atomic E-state index is 11.5. The average Bonchev–Trinajstić information content (AvgIpc) is 2.61. The summed E-state index contributed by atoms with van der Waals surface area (Å²) in [4.78, 5) is 37.1. The number of phosphoric ester groups is 1. The largest absolute Gasteiger partial charge is 0.508 e. The van der Waals surface area contributed by atoms with E-state index in [9.17, 15) is 24.7 Å². The van der Waals surface area contributed by atoms with Crippen molar-refractivity contribution in [2.45, 2.75) is 26.0 Å². The van der Waals surface area contributed by atoms with E-state index < -0.39 is 26.4 Å². The number of carboxylic acids is 1. The van der Waals surface area contributed by atoms with Crippen LogP contribution in [-0.2, 0) is 26.9 Å². The topological polar surface area (TPSA) is 170 Å². The summed E-state index contributed by atoms with van der Waals surface area (Å²) in [5, 5.41) is 28.9. The molecule has 1 aromatic carbocycles. The summed E-state index contributed by atoms with van der Waals surface area (Å²) in [5.74, 6) is -1.46. The van der Waals surface area contributed by atoms with Gasteiger partial charge in [-0.25, -0.2) is 9.36 Å². The molecule has 1 aromatic heterocycles. The fourth-order valence-electron chi connectivity index (χ4n) is 2.29. The van der Waals surface area contributed by atoms with E-state index in [4.69, 9.17) is 9.79 Å². The molecule has 1 atom stereocenters. The molecule has 0 aliphatic rings. The number of carboxylic acid groups (broad SMARTS) is 1. The first kappa shape index (κ1) is 21.5. The highest BCUT2D eigenvalue weighted by molar-refractivity contribution is 7.46. The lowest BCUT2D eigenvalue weighted by Crippen LogP contribution is -2.21. The number of benzene rings is 1. The number of carbonyl (C=O) groups is 1. The highest BCUT2D eigenvalue weighted by Gasteiger charge is 2.19. The standard InChI is InChI=1S/C17H19N2O8P/c1-10-16(21)14(12(7-18-10)9-27-28(24,25)26)8-19-15(17(22)23)6-11-2-4-13(20)5-3-11/h2-5,7-8,15,20-21H,6,9H2,1H3,(H,22,23)(H2,24,25,26)/t15-/m0/s1. The van der Waals surface area contributed by atoms with Crippen LogP contribution in [0.4, 0.5) is 0 Å². The van der Waals surface area contributed by atoms with E-state index in [0.717, 1.165) is 6.21 Å². The Bertz CT molecular complexity index is 923. The van der Waals surface area contributed by atoms with Crippen LogP contribution in [0.2, 0.25) is 0 Å². The molecule has 0 amide bonds. The summed E-state index contributed by atoms with van der Waals surface area (Å²) in [6, 6.07) is 4.79. The third-order valence-electron chi connectivity index (χ3n) is 3.78. The molecule has 5 N–H and O–H groups in total. The van der Waals surface area contributed by atoms with Gasteiger partial charge in [-0.2, -0.15) is 0 Å². The minimum Gasteiger partial charge on any atom is -0.508 e. The molecule has 2 aromatic rings. The predicted molar refractivity (Wildman–Crippen MR) is 98.3 cm³/mol. The number of phenols is 1. The Kier molecular flexibility index (Phi) is 6.87. The van der Waals surface area contributed by atoms with Gasteiger partial charge in [0.25, 0.3) is 0 Å². The predicted octanol–water partition coefficient (Wildman–Crippen LogP) is 1.53. The molecule has 150 valence electrons. The number of pyridine rings is 1. The van der Waals surface area contributed by atoms with Gasteiger partial charge in [0.05, 0.1) is 12.3 Å². The maximum atomic E-state index is 11.5. The number of hydrogen-bond acceptors (Lipinski definition) is 7. The molecular weight excluding hydrogens is 391 g/mol. The molecule has 28 heavy (non-hydrogen) atoms. The Labute approximate surface area is 160 Å². The Morgan fingerprint density at radius 3 is 2.50 bits per heavy atom. The van der Waals surface area contributed by atoms with Crippen LogP contribution in [0.5, 0.6) is 11.5 Å². The molecule has 11 heteroatoms. The monoisotopic (exact) mass is 410 g/mol. The first-order valence-corrected chi connectivity index (χ1v) is 9.51. The number of nitrogens with zero attached hydrogens (tertiary/aromatic N) is 2. The summed E-state index contributed by atoms with van der Waals surface area (Å²) in [7, 11) is -4.75. The zero-order valence-electron chi connectivity index (χ0n) is 14.8. The number of aryl methyl sites for hydroxylation is 1. The third kappa shape index (κ3) is 6.14. The second kappa shape index (κ2) is 8.94. The fourth-order valence-corrected chi connectivity index (χ4v) is 2.60. The molecule has 0 bridgehead atoms. The molecule has 0 saturated carbocycles. The van der Waals surface area contributed by atoms with Crippen LogP contribution in [0, 0.1) is 6.92 Å². The first-order chi connectivity index (χ1) is 13.1. The van der Waals surface area contributed by atoms with E-state index >= 15 is 0 Å². The van der Waals surface area contributed by atoms with Gasteiger partial charge >= 0.3 is 13.8 Å². The van der Waals surface area contributed by atoms with Gasteiger partial charge in [0.15, 0.2) is 6.04 Å². The van der Waals surface area contributed by atoms with Crippen molar-refractivity contribution in [3.8, 4) is 11.5 Å². The lowest BCUT2D eigenvalue weighted by molar-refractivity contribution is -0.138. The van der Waals surface area contributed by atoms with E-state index in [2.05, 4.69) is 14.5 Å². The van der Waals surface area contributed by atoms with Crippen molar-refractivity contribution in [1.29, 1.82) is 0 Å². The number of aromatic hydroxyl groups is 2. The molecule has 0 unspecified atom stereocenters. The van der Waals surface area contributed by atoms with E-state index in [1.165, 1.54) is 25.3 Å². The summed E-state index contributed by atoms with van der Waals surface area (Å²) in [6.45, 7) is 0.952. The molecule has 0 aliphatic heterocycles. The summed E-state index contributed by atoms with van der Waals surface area (Å²) >= 11 is 0. The molecule has 0 spiro atoms. The number of aliphatic imine (C=N–C) groups is 1. The highest BCUT2D eigenvalue weighted by Crippen LogP contribution is 2.37. The SMILES string of the molecule is Cc1ncc(COP(=O)(O)O)c(C=N[C@@H](Cc2ccc(O)cc2)C(=O)O)c1O. The molecular formula is C17H19N2O8P. The molecule has 0 fully saturated rings. The van der Waals surface area contributed by atoms with Crippen LogP contribution < -0.4 is 0 Å². The summed E-state index contributed by atoms with van der Waals surface area (Å²) in [6.07, 6.45) is 2.40. The number of aromatic nitrogens is 1. The smallest absolute Gasteiger partial charge is 0.469 e. The van der Waals surface area contributed by atoms with E-state index in [0.29, 0.717) is 5.56 Å². The van der Waals surface area contributed by atoms with Gasteiger partial charge in [-0.3, -0.25) is 14.5 Å². The van der Waals surface area contributed by atoms with Gasteiger partial charge in [0, 0.05) is 30.0 Å². The van der Waals surface area contributed by atoms with E-state index in [-0.39, 0.29) is 34.7 Å². The molecule has 1 heterocycles. The van der Waals surface area contributed by atoms with Crippen LogP contribution >= 0.6 is 7.82 Å². The van der Waals surface area contributed by atoms with Crippen LogP contribution in [0.1, 0.15) is 22.4 Å². The van der Waals surface area contributed by atoms with Gasteiger partial charge in [0.2, 0.25) is 0 Å². The van der Waals surface area contributed by atoms with Crippen molar-refractivity contribution in [1.82, 2.24) is 4.98 Å². The number of aliphatic carboxylic acids is 1. The van der Waals surface area contributed by atoms with Gasteiger partial charge in [-0.15, -0.1) is 0 Å². The summed E-state index contributed by atoms with van der Waals surface area (Å²) < 4.78 is 15.3. The average molecular weight is 410 g/mol. The quantitative estimate of drug-likeness (QED) is 0.320. The number of phosphoric acid groups is 1. The lowest BCUT2D eigenvalue weighted by atomic mass is 10.1. The second-order valence-corrected chi connectivity index (χ2v) is 7.14. The number of hydrogen-bond donors (Lipinski definition) is 5. The van der Waals surface area contributed by atoms with Crippen molar-refractivity contribution in [3.63, 3.8) is 0 Å². The molecule has 0 aliphatic carbocycles. The van der Waals surface area contributed by atoms with E-state index in [1.54, 1.807) is 12.1 Å². The third-order valence-corrected chi connectivity index (χ3v) is 4.25. The fraction of sp³-hybridized carbons (Fsp3) is 0.235. The van der Waals surface area contributed by atoms with Gasteiger partial charge in [-0.05, 0) is 24.6 Å². The van der Waals surface area contributed by atoms with Crippen molar-refractivity contribution in [2.75, 3.05) is 0 Å². The zero-order chi connectivity index (χ0) is 20.9. The van der Waals surface area contributed by atoms with Crippen molar-refractivity contribution in [2.24, 2.45) is 4.99 Å². The molecule has 10 nitrogen and oxygen atoms in total. The Morgan fingerprint density at radius 2 is 1.93 bits per heavy atom. The molecule has 2 rings (SSSR count).